The number of ether oxygens (including phenoxy) is 1. The second kappa shape index (κ2) is 7.13. The maximum atomic E-state index is 10.9. The molecule has 0 aliphatic heterocycles. The Hall–Kier alpha value is -1.56. The summed E-state index contributed by atoms with van der Waals surface area (Å²) in [7, 11) is -0.601. The maximum Gasteiger partial charge on any atom is 0.273 e. The molecule has 0 aromatic heterocycles. The highest BCUT2D eigenvalue weighted by atomic mass is 28.4. The van der Waals surface area contributed by atoms with E-state index in [0.717, 1.165) is 0 Å². The largest absolute Gasteiger partial charge is 0.540 e. The van der Waals surface area contributed by atoms with Crippen LogP contribution in [-0.4, -0.2) is 20.4 Å². The highest BCUT2D eigenvalue weighted by Gasteiger charge is 2.47. The molecule has 0 unspecified atom stereocenters. The number of benzene rings is 1. The monoisotopic (exact) mass is 325 g/mol. The molecule has 0 aliphatic carbocycles. The fraction of sp³-hybridized carbons (Fsp3) is 0.625. The Morgan fingerprint density at radius 1 is 1.00 bits per heavy atom. The van der Waals surface area contributed by atoms with E-state index in [9.17, 15) is 10.1 Å². The maximum absolute atomic E-state index is 10.9. The van der Waals surface area contributed by atoms with Crippen LogP contribution >= 0.6 is 0 Å². The summed E-state index contributed by atoms with van der Waals surface area (Å²) in [5.41, 5.74) is 1.28. The Labute approximate surface area is 133 Å². The molecule has 0 saturated heterocycles. The van der Waals surface area contributed by atoms with Gasteiger partial charge in [0.1, 0.15) is 5.75 Å². The Kier molecular flexibility index (Phi) is 5.99. The second-order valence-corrected chi connectivity index (χ2v) is 11.9. The highest BCUT2D eigenvalue weighted by Crippen LogP contribution is 2.45. The molecule has 0 spiro atoms. The molecule has 22 heavy (non-hydrogen) atoms. The van der Waals surface area contributed by atoms with Gasteiger partial charge < -0.3 is 9.16 Å². The molecule has 0 atom stereocenters. The summed E-state index contributed by atoms with van der Waals surface area (Å²) in [4.78, 5) is 10.5. The van der Waals surface area contributed by atoms with Crippen molar-refractivity contribution in [3.8, 4) is 11.5 Å². The van der Waals surface area contributed by atoms with Crippen LogP contribution in [0.25, 0.3) is 0 Å². The number of nitro benzene ring substituents is 1. The molecule has 124 valence electrons. The molecule has 1 aromatic carbocycles. The Balaban J connectivity index is 3.32. The fourth-order valence-electron chi connectivity index (χ4n) is 3.40. The minimum atomic E-state index is -2.11. The van der Waals surface area contributed by atoms with Crippen molar-refractivity contribution in [3.63, 3.8) is 0 Å². The van der Waals surface area contributed by atoms with Gasteiger partial charge >= 0.3 is 0 Å². The summed E-state index contributed by atoms with van der Waals surface area (Å²) in [6, 6.07) is 4.55. The van der Waals surface area contributed by atoms with Crippen molar-refractivity contribution in [1.29, 1.82) is 0 Å². The van der Waals surface area contributed by atoms with Gasteiger partial charge in [-0.05, 0) is 22.7 Å². The van der Waals surface area contributed by atoms with Crippen LogP contribution in [0.5, 0.6) is 11.5 Å². The van der Waals surface area contributed by atoms with Gasteiger partial charge in [0.15, 0.2) is 5.75 Å². The van der Waals surface area contributed by atoms with E-state index >= 15 is 0 Å². The van der Waals surface area contributed by atoms with E-state index in [0.29, 0.717) is 28.1 Å². The van der Waals surface area contributed by atoms with E-state index in [4.69, 9.17) is 9.16 Å². The van der Waals surface area contributed by atoms with E-state index in [1.807, 2.05) is 0 Å². The highest BCUT2D eigenvalue weighted by molar-refractivity contribution is 6.78. The standard InChI is InChI=1S/C16H27NO4Si/c1-11(2)22(12(3)4,13(5)6)21-15-9-8-14(17(18)19)10-16(15)20-7/h8-13H,1-7H3. The third kappa shape index (κ3) is 3.43. The number of methoxy groups -OCH3 is 1. The number of rotatable bonds is 7. The summed E-state index contributed by atoms with van der Waals surface area (Å²) in [6.45, 7) is 13.2. The summed E-state index contributed by atoms with van der Waals surface area (Å²) < 4.78 is 11.8. The Morgan fingerprint density at radius 3 is 1.86 bits per heavy atom. The topological polar surface area (TPSA) is 61.6 Å². The SMILES string of the molecule is COc1cc([N+](=O)[O-])ccc1O[Si](C(C)C)(C(C)C)C(C)C. The van der Waals surface area contributed by atoms with Crippen molar-refractivity contribution in [2.45, 2.75) is 58.2 Å². The van der Waals surface area contributed by atoms with Gasteiger partial charge in [-0.25, -0.2) is 0 Å². The summed E-state index contributed by atoms with van der Waals surface area (Å²) in [5, 5.41) is 10.9. The third-order valence-corrected chi connectivity index (χ3v) is 10.3. The molecule has 0 aliphatic rings. The summed E-state index contributed by atoms with van der Waals surface area (Å²) in [5.74, 6) is 1.03. The predicted molar refractivity (Wildman–Crippen MR) is 91.3 cm³/mol. The minimum Gasteiger partial charge on any atom is -0.540 e. The van der Waals surface area contributed by atoms with Crippen molar-refractivity contribution in [1.82, 2.24) is 0 Å². The lowest BCUT2D eigenvalue weighted by Gasteiger charge is -2.42. The van der Waals surface area contributed by atoms with Crippen molar-refractivity contribution in [3.05, 3.63) is 28.3 Å². The summed E-state index contributed by atoms with van der Waals surface area (Å²) >= 11 is 0. The number of nitro groups is 1. The van der Waals surface area contributed by atoms with Crippen molar-refractivity contribution >= 4 is 14.0 Å². The van der Waals surface area contributed by atoms with Gasteiger partial charge in [0.05, 0.1) is 18.1 Å². The van der Waals surface area contributed by atoms with E-state index in [2.05, 4.69) is 41.5 Å². The van der Waals surface area contributed by atoms with Crippen molar-refractivity contribution in [2.24, 2.45) is 0 Å². The molecule has 0 saturated carbocycles. The number of nitrogens with zero attached hydrogens (tertiary/aromatic N) is 1. The van der Waals surface area contributed by atoms with E-state index < -0.39 is 13.2 Å². The first-order chi connectivity index (χ1) is 10.2. The molecule has 0 fully saturated rings. The normalized spacial score (nSPS) is 12.1. The van der Waals surface area contributed by atoms with Gasteiger partial charge in [-0.2, -0.15) is 0 Å². The van der Waals surface area contributed by atoms with E-state index in [-0.39, 0.29) is 5.69 Å². The lowest BCUT2D eigenvalue weighted by Crippen LogP contribution is -2.50. The van der Waals surface area contributed by atoms with Crippen LogP contribution in [0.15, 0.2) is 18.2 Å². The zero-order valence-corrected chi connectivity index (χ0v) is 15.5. The first kappa shape index (κ1) is 18.5. The van der Waals surface area contributed by atoms with Gasteiger partial charge in [-0.15, -0.1) is 0 Å². The van der Waals surface area contributed by atoms with Crippen LogP contribution in [0.4, 0.5) is 5.69 Å². The quantitative estimate of drug-likeness (QED) is 0.395. The van der Waals surface area contributed by atoms with Crippen LogP contribution in [0, 0.1) is 10.1 Å². The molecule has 1 rings (SSSR count). The first-order valence-corrected chi connectivity index (χ1v) is 9.82. The zero-order chi connectivity index (χ0) is 17.1. The zero-order valence-electron chi connectivity index (χ0n) is 14.5. The molecular formula is C16H27NO4Si. The Morgan fingerprint density at radius 2 is 1.50 bits per heavy atom. The van der Waals surface area contributed by atoms with Gasteiger partial charge in [-0.3, -0.25) is 10.1 Å². The third-order valence-electron chi connectivity index (χ3n) is 4.35. The molecule has 0 heterocycles. The number of hydrogen-bond donors (Lipinski definition) is 0. The van der Waals surface area contributed by atoms with Crippen molar-refractivity contribution < 1.29 is 14.1 Å². The first-order valence-electron chi connectivity index (χ1n) is 7.68. The van der Waals surface area contributed by atoms with Crippen molar-refractivity contribution in [2.75, 3.05) is 7.11 Å². The van der Waals surface area contributed by atoms with Gasteiger partial charge in [0.25, 0.3) is 14.0 Å². The molecule has 6 heteroatoms. The lowest BCUT2D eigenvalue weighted by molar-refractivity contribution is -0.384. The van der Waals surface area contributed by atoms with Gasteiger partial charge in [0.2, 0.25) is 0 Å². The second-order valence-electron chi connectivity index (χ2n) is 6.51. The smallest absolute Gasteiger partial charge is 0.273 e. The van der Waals surface area contributed by atoms with Crippen LogP contribution in [0.3, 0.4) is 0 Å². The van der Waals surface area contributed by atoms with E-state index in [1.165, 1.54) is 19.2 Å². The molecular weight excluding hydrogens is 298 g/mol. The molecule has 0 amide bonds. The molecule has 1 aromatic rings. The predicted octanol–water partition coefficient (Wildman–Crippen LogP) is 5.16. The van der Waals surface area contributed by atoms with Crippen LogP contribution in [-0.2, 0) is 0 Å². The molecule has 5 nitrogen and oxygen atoms in total. The summed E-state index contributed by atoms with van der Waals surface area (Å²) in [6.07, 6.45) is 0. The average molecular weight is 325 g/mol. The van der Waals surface area contributed by atoms with Gasteiger partial charge in [-0.1, -0.05) is 41.5 Å². The molecule has 0 bridgehead atoms. The molecule has 0 N–H and O–H groups in total. The van der Waals surface area contributed by atoms with Crippen LogP contribution in [0.2, 0.25) is 16.6 Å². The van der Waals surface area contributed by atoms with E-state index in [1.54, 1.807) is 6.07 Å². The van der Waals surface area contributed by atoms with Gasteiger partial charge in [0, 0.05) is 6.07 Å². The van der Waals surface area contributed by atoms with Crippen LogP contribution in [0.1, 0.15) is 41.5 Å². The number of non-ortho nitro benzene ring substituents is 1. The lowest BCUT2D eigenvalue weighted by atomic mass is 10.3. The fourth-order valence-corrected chi connectivity index (χ4v) is 8.65. The van der Waals surface area contributed by atoms with Crippen LogP contribution < -0.4 is 9.16 Å². The Bertz CT molecular complexity index is 507. The average Bonchev–Trinajstić information content (AvgIpc) is 2.43. The minimum absolute atomic E-state index is 0.00936. The molecule has 0 radical (unpaired) electrons. The number of hydrogen-bond acceptors (Lipinski definition) is 4.